The van der Waals surface area contributed by atoms with Crippen LogP contribution in [0.3, 0.4) is 0 Å². The monoisotopic (exact) mass is 228 g/mol. The average molecular weight is 228 g/mol. The first-order chi connectivity index (χ1) is 7.57. The highest BCUT2D eigenvalue weighted by Crippen LogP contribution is 2.16. The van der Waals surface area contributed by atoms with Gasteiger partial charge in [-0.1, -0.05) is 13.8 Å². The van der Waals surface area contributed by atoms with Crippen LogP contribution in [0.25, 0.3) is 0 Å². The zero-order valence-electron chi connectivity index (χ0n) is 11.1. The van der Waals surface area contributed by atoms with E-state index in [2.05, 4.69) is 24.1 Å². The van der Waals surface area contributed by atoms with Crippen LogP contribution in [-0.2, 0) is 0 Å². The molecule has 0 aromatic carbocycles. The summed E-state index contributed by atoms with van der Waals surface area (Å²) in [4.78, 5) is 2.40. The summed E-state index contributed by atoms with van der Waals surface area (Å²) in [7, 11) is 0. The molecule has 1 atom stereocenters. The first-order valence-corrected chi connectivity index (χ1v) is 6.73. The van der Waals surface area contributed by atoms with Gasteiger partial charge in [0.1, 0.15) is 0 Å². The number of hydrogen-bond donors (Lipinski definition) is 2. The standard InChI is InChI=1S/C13H28N2O/c1-4-13(3,16)11-15(5-2)10-12-6-8-14-9-7-12/h12,14,16H,4-11H2,1-3H3. The summed E-state index contributed by atoms with van der Waals surface area (Å²) in [6, 6.07) is 0. The maximum absolute atomic E-state index is 10.1. The Morgan fingerprint density at radius 3 is 2.44 bits per heavy atom. The summed E-state index contributed by atoms with van der Waals surface area (Å²) in [6.07, 6.45) is 3.39. The van der Waals surface area contributed by atoms with Crippen LogP contribution in [0.4, 0.5) is 0 Å². The van der Waals surface area contributed by atoms with Crippen molar-refractivity contribution in [3.05, 3.63) is 0 Å². The Hall–Kier alpha value is -0.120. The number of nitrogens with one attached hydrogen (secondary N) is 1. The molecule has 1 saturated heterocycles. The van der Waals surface area contributed by atoms with E-state index in [1.165, 1.54) is 12.8 Å². The van der Waals surface area contributed by atoms with Crippen LogP contribution in [0, 0.1) is 5.92 Å². The minimum absolute atomic E-state index is 0.525. The molecule has 0 aliphatic carbocycles. The van der Waals surface area contributed by atoms with Gasteiger partial charge >= 0.3 is 0 Å². The second-order valence-electron chi connectivity index (χ2n) is 5.37. The minimum atomic E-state index is -0.525. The number of likely N-dealkylation sites (N-methyl/N-ethyl adjacent to an activating group) is 1. The molecule has 3 heteroatoms. The molecule has 0 spiro atoms. The Bertz CT molecular complexity index is 188. The third-order valence-corrected chi connectivity index (χ3v) is 3.75. The molecule has 1 fully saturated rings. The highest BCUT2D eigenvalue weighted by molar-refractivity contribution is 4.78. The second-order valence-corrected chi connectivity index (χ2v) is 5.37. The Labute approximate surface area is 100 Å². The first kappa shape index (κ1) is 13.9. The Kier molecular flexibility index (Phi) is 5.73. The van der Waals surface area contributed by atoms with E-state index in [1.807, 2.05) is 6.92 Å². The fourth-order valence-electron chi connectivity index (χ4n) is 2.33. The molecule has 0 amide bonds. The lowest BCUT2D eigenvalue weighted by Crippen LogP contribution is -2.44. The molecule has 16 heavy (non-hydrogen) atoms. The quantitative estimate of drug-likeness (QED) is 0.722. The molecule has 0 bridgehead atoms. The summed E-state index contributed by atoms with van der Waals surface area (Å²) in [5.74, 6) is 0.814. The molecule has 1 unspecified atom stereocenters. The number of nitrogens with zero attached hydrogens (tertiary/aromatic N) is 1. The maximum atomic E-state index is 10.1. The topological polar surface area (TPSA) is 35.5 Å². The van der Waals surface area contributed by atoms with Crippen LogP contribution in [0.1, 0.15) is 40.0 Å². The van der Waals surface area contributed by atoms with Gasteiger partial charge in [0.15, 0.2) is 0 Å². The van der Waals surface area contributed by atoms with Gasteiger partial charge in [-0.15, -0.1) is 0 Å². The molecule has 0 saturated carbocycles. The summed E-state index contributed by atoms with van der Waals surface area (Å²) >= 11 is 0. The van der Waals surface area contributed by atoms with Crippen molar-refractivity contribution in [2.45, 2.75) is 45.6 Å². The van der Waals surface area contributed by atoms with Crippen LogP contribution < -0.4 is 5.32 Å². The number of rotatable bonds is 6. The number of piperidine rings is 1. The summed E-state index contributed by atoms with van der Waals surface area (Å²) in [5.41, 5.74) is -0.525. The molecule has 1 aliphatic heterocycles. The van der Waals surface area contributed by atoms with Gasteiger partial charge in [-0.2, -0.15) is 0 Å². The molecule has 1 rings (SSSR count). The third kappa shape index (κ3) is 4.81. The van der Waals surface area contributed by atoms with Gasteiger partial charge in [-0.05, 0) is 51.7 Å². The van der Waals surface area contributed by atoms with Crippen molar-refractivity contribution in [2.75, 3.05) is 32.7 Å². The van der Waals surface area contributed by atoms with E-state index in [-0.39, 0.29) is 0 Å². The lowest BCUT2D eigenvalue weighted by atomic mass is 9.96. The highest BCUT2D eigenvalue weighted by Gasteiger charge is 2.23. The van der Waals surface area contributed by atoms with Crippen molar-refractivity contribution in [2.24, 2.45) is 5.92 Å². The van der Waals surface area contributed by atoms with E-state index in [4.69, 9.17) is 0 Å². The van der Waals surface area contributed by atoms with E-state index in [1.54, 1.807) is 0 Å². The van der Waals surface area contributed by atoms with Gasteiger partial charge in [-0.3, -0.25) is 0 Å². The summed E-state index contributed by atoms with van der Waals surface area (Å²) in [6.45, 7) is 11.5. The van der Waals surface area contributed by atoms with E-state index in [0.717, 1.165) is 45.1 Å². The second kappa shape index (κ2) is 6.58. The zero-order chi connectivity index (χ0) is 12.0. The normalized spacial score (nSPS) is 22.3. The number of hydrogen-bond acceptors (Lipinski definition) is 3. The van der Waals surface area contributed by atoms with Crippen LogP contribution in [0.5, 0.6) is 0 Å². The predicted molar refractivity (Wildman–Crippen MR) is 68.6 cm³/mol. The largest absolute Gasteiger partial charge is 0.389 e. The summed E-state index contributed by atoms with van der Waals surface area (Å²) in [5, 5.41) is 13.5. The van der Waals surface area contributed by atoms with Gasteiger partial charge < -0.3 is 15.3 Å². The molecule has 96 valence electrons. The molecule has 2 N–H and O–H groups in total. The Morgan fingerprint density at radius 1 is 1.31 bits per heavy atom. The van der Waals surface area contributed by atoms with Crippen LogP contribution in [-0.4, -0.2) is 48.3 Å². The average Bonchev–Trinajstić information content (AvgIpc) is 2.29. The van der Waals surface area contributed by atoms with Gasteiger partial charge in [-0.25, -0.2) is 0 Å². The first-order valence-electron chi connectivity index (χ1n) is 6.73. The molecular weight excluding hydrogens is 200 g/mol. The fourth-order valence-corrected chi connectivity index (χ4v) is 2.33. The lowest BCUT2D eigenvalue weighted by Gasteiger charge is -2.34. The predicted octanol–water partition coefficient (Wildman–Crippen LogP) is 1.47. The van der Waals surface area contributed by atoms with Crippen LogP contribution >= 0.6 is 0 Å². The molecule has 1 aliphatic rings. The van der Waals surface area contributed by atoms with Gasteiger partial charge in [0.2, 0.25) is 0 Å². The fraction of sp³-hybridized carbons (Fsp3) is 1.00. The highest BCUT2D eigenvalue weighted by atomic mass is 16.3. The van der Waals surface area contributed by atoms with Crippen molar-refractivity contribution in [3.63, 3.8) is 0 Å². The van der Waals surface area contributed by atoms with Crippen molar-refractivity contribution >= 4 is 0 Å². The molecule has 3 nitrogen and oxygen atoms in total. The van der Waals surface area contributed by atoms with E-state index in [9.17, 15) is 5.11 Å². The minimum Gasteiger partial charge on any atom is -0.389 e. The van der Waals surface area contributed by atoms with Crippen LogP contribution in [0.2, 0.25) is 0 Å². The van der Waals surface area contributed by atoms with E-state index in [0.29, 0.717) is 0 Å². The van der Waals surface area contributed by atoms with Gasteiger partial charge in [0, 0.05) is 13.1 Å². The summed E-state index contributed by atoms with van der Waals surface area (Å²) < 4.78 is 0. The Morgan fingerprint density at radius 2 is 1.94 bits per heavy atom. The van der Waals surface area contributed by atoms with Crippen molar-refractivity contribution < 1.29 is 5.11 Å². The van der Waals surface area contributed by atoms with Gasteiger partial charge in [0.25, 0.3) is 0 Å². The maximum Gasteiger partial charge on any atom is 0.0743 e. The molecule has 0 aromatic rings. The molecule has 0 aromatic heterocycles. The molecule has 1 heterocycles. The SMILES string of the molecule is CCN(CC1CCNCC1)CC(C)(O)CC. The van der Waals surface area contributed by atoms with Crippen LogP contribution in [0.15, 0.2) is 0 Å². The van der Waals surface area contributed by atoms with Crippen molar-refractivity contribution in [1.29, 1.82) is 0 Å². The van der Waals surface area contributed by atoms with E-state index < -0.39 is 5.60 Å². The third-order valence-electron chi connectivity index (χ3n) is 3.75. The zero-order valence-corrected chi connectivity index (χ0v) is 11.1. The smallest absolute Gasteiger partial charge is 0.0743 e. The Balaban J connectivity index is 2.35. The van der Waals surface area contributed by atoms with E-state index >= 15 is 0 Å². The van der Waals surface area contributed by atoms with Crippen molar-refractivity contribution in [3.8, 4) is 0 Å². The lowest BCUT2D eigenvalue weighted by molar-refractivity contribution is 0.0123. The van der Waals surface area contributed by atoms with Crippen molar-refractivity contribution in [1.82, 2.24) is 10.2 Å². The number of aliphatic hydroxyl groups is 1. The molecular formula is C13H28N2O. The molecule has 0 radical (unpaired) electrons. The van der Waals surface area contributed by atoms with Gasteiger partial charge in [0.05, 0.1) is 5.60 Å².